The average Bonchev–Trinajstić information content (AvgIpc) is 2.28. The zero-order chi connectivity index (χ0) is 12.9. The maximum absolute atomic E-state index is 12.0. The molecule has 0 spiro atoms. The molecule has 1 rings (SSSR count). The van der Waals surface area contributed by atoms with Crippen molar-refractivity contribution >= 4 is 10.2 Å². The molecule has 2 unspecified atom stereocenters. The van der Waals surface area contributed by atoms with Gasteiger partial charge in [-0.05, 0) is 25.3 Å². The highest BCUT2D eigenvalue weighted by atomic mass is 32.2. The van der Waals surface area contributed by atoms with E-state index in [-0.39, 0.29) is 12.0 Å². The van der Waals surface area contributed by atoms with Crippen LogP contribution in [0.25, 0.3) is 0 Å². The number of ether oxygens (including phenoxy) is 1. The third-order valence-corrected chi connectivity index (χ3v) is 4.63. The van der Waals surface area contributed by atoms with E-state index >= 15 is 0 Å². The van der Waals surface area contributed by atoms with Crippen molar-refractivity contribution in [1.29, 1.82) is 0 Å². The molecule has 6 nitrogen and oxygen atoms in total. The molecule has 0 radical (unpaired) electrons. The van der Waals surface area contributed by atoms with Gasteiger partial charge in [0.1, 0.15) is 0 Å². The first-order valence-corrected chi connectivity index (χ1v) is 7.42. The quantitative estimate of drug-likeness (QED) is 0.680. The van der Waals surface area contributed by atoms with Crippen LogP contribution < -0.4 is 10.5 Å². The first-order valence-electron chi connectivity index (χ1n) is 5.98. The molecule has 0 aromatic carbocycles. The van der Waals surface area contributed by atoms with E-state index in [1.165, 1.54) is 4.31 Å². The van der Waals surface area contributed by atoms with Crippen molar-refractivity contribution in [3.8, 4) is 0 Å². The van der Waals surface area contributed by atoms with Crippen LogP contribution in [0, 0.1) is 5.92 Å². The van der Waals surface area contributed by atoms with Crippen LogP contribution in [0.1, 0.15) is 19.8 Å². The summed E-state index contributed by atoms with van der Waals surface area (Å²) in [4.78, 5) is 0. The molecule has 1 aliphatic heterocycles. The van der Waals surface area contributed by atoms with Crippen LogP contribution in [0.5, 0.6) is 0 Å². The molecule has 17 heavy (non-hydrogen) atoms. The van der Waals surface area contributed by atoms with Crippen LogP contribution in [0.4, 0.5) is 0 Å². The van der Waals surface area contributed by atoms with Gasteiger partial charge in [0.25, 0.3) is 10.2 Å². The van der Waals surface area contributed by atoms with E-state index in [2.05, 4.69) is 4.72 Å². The Balaban J connectivity index is 2.52. The van der Waals surface area contributed by atoms with E-state index in [4.69, 9.17) is 10.5 Å². The van der Waals surface area contributed by atoms with E-state index < -0.39 is 10.2 Å². The van der Waals surface area contributed by atoms with Crippen molar-refractivity contribution in [3.05, 3.63) is 0 Å². The fourth-order valence-corrected chi connectivity index (χ4v) is 3.05. The van der Waals surface area contributed by atoms with Gasteiger partial charge in [0.15, 0.2) is 0 Å². The van der Waals surface area contributed by atoms with Crippen molar-refractivity contribution in [2.24, 2.45) is 11.7 Å². The van der Waals surface area contributed by atoms with Gasteiger partial charge < -0.3 is 10.5 Å². The highest BCUT2D eigenvalue weighted by Crippen LogP contribution is 2.15. The Morgan fingerprint density at radius 3 is 2.82 bits per heavy atom. The largest absolute Gasteiger partial charge is 0.381 e. The van der Waals surface area contributed by atoms with Gasteiger partial charge in [-0.25, -0.2) is 0 Å². The van der Waals surface area contributed by atoms with Crippen LogP contribution in [0.2, 0.25) is 0 Å². The average molecular weight is 265 g/mol. The molecule has 102 valence electrons. The molecule has 0 aromatic rings. The Morgan fingerprint density at radius 2 is 2.24 bits per heavy atom. The maximum atomic E-state index is 12.0. The minimum atomic E-state index is -3.39. The summed E-state index contributed by atoms with van der Waals surface area (Å²) >= 11 is 0. The minimum absolute atomic E-state index is 0.0333. The van der Waals surface area contributed by atoms with Gasteiger partial charge in [-0.3, -0.25) is 0 Å². The molecule has 2 atom stereocenters. The first-order chi connectivity index (χ1) is 7.97. The molecule has 1 aliphatic rings. The summed E-state index contributed by atoms with van der Waals surface area (Å²) in [6.45, 7) is 4.16. The summed E-state index contributed by atoms with van der Waals surface area (Å²) < 4.78 is 33.3. The molecule has 7 heteroatoms. The third-order valence-electron chi connectivity index (χ3n) is 3.03. The second kappa shape index (κ2) is 6.65. The van der Waals surface area contributed by atoms with Gasteiger partial charge in [0.2, 0.25) is 0 Å². The predicted molar refractivity (Wildman–Crippen MR) is 66.7 cm³/mol. The molecule has 0 amide bonds. The van der Waals surface area contributed by atoms with Crippen LogP contribution >= 0.6 is 0 Å². The Morgan fingerprint density at radius 1 is 1.53 bits per heavy atom. The van der Waals surface area contributed by atoms with Crippen LogP contribution in [0.3, 0.4) is 0 Å². The Labute approximate surface area is 104 Å². The van der Waals surface area contributed by atoms with Crippen molar-refractivity contribution < 1.29 is 13.2 Å². The molecule has 0 aromatic heterocycles. The molecule has 1 fully saturated rings. The lowest BCUT2D eigenvalue weighted by Crippen LogP contribution is -2.49. The van der Waals surface area contributed by atoms with E-state index in [9.17, 15) is 8.42 Å². The van der Waals surface area contributed by atoms with E-state index in [0.717, 1.165) is 6.42 Å². The summed E-state index contributed by atoms with van der Waals surface area (Å²) in [5.74, 6) is 0.210. The lowest BCUT2D eigenvalue weighted by atomic mass is 9.99. The molecule has 0 aliphatic carbocycles. The fraction of sp³-hybridized carbons (Fsp3) is 1.00. The van der Waals surface area contributed by atoms with E-state index in [0.29, 0.717) is 32.7 Å². The Hall–Kier alpha value is -0.210. The fourth-order valence-electron chi connectivity index (χ4n) is 1.77. The van der Waals surface area contributed by atoms with Crippen LogP contribution in [-0.2, 0) is 14.9 Å². The van der Waals surface area contributed by atoms with Gasteiger partial charge in [-0.2, -0.15) is 17.4 Å². The normalized spacial score (nSPS) is 26.4. The lowest BCUT2D eigenvalue weighted by molar-refractivity contribution is 0.0446. The summed E-state index contributed by atoms with van der Waals surface area (Å²) in [5, 5.41) is 0. The predicted octanol–water partition coefficient (Wildman–Crippen LogP) is -0.474. The second-order valence-electron chi connectivity index (χ2n) is 4.53. The number of hydrogen-bond acceptors (Lipinski definition) is 4. The van der Waals surface area contributed by atoms with Gasteiger partial charge in [-0.15, -0.1) is 0 Å². The van der Waals surface area contributed by atoms with Crippen molar-refractivity contribution in [2.75, 3.05) is 33.4 Å². The highest BCUT2D eigenvalue weighted by molar-refractivity contribution is 7.87. The Bertz CT molecular complexity index is 321. The van der Waals surface area contributed by atoms with Gasteiger partial charge in [0, 0.05) is 26.2 Å². The molecule has 1 heterocycles. The molecular formula is C10H23N3O3S. The molecule has 0 bridgehead atoms. The zero-order valence-corrected chi connectivity index (χ0v) is 11.4. The number of rotatable bonds is 6. The van der Waals surface area contributed by atoms with Crippen LogP contribution in [-0.4, -0.2) is 52.1 Å². The van der Waals surface area contributed by atoms with Crippen molar-refractivity contribution in [2.45, 2.75) is 25.8 Å². The van der Waals surface area contributed by atoms with E-state index in [1.807, 2.05) is 6.92 Å². The van der Waals surface area contributed by atoms with Gasteiger partial charge >= 0.3 is 0 Å². The maximum Gasteiger partial charge on any atom is 0.279 e. The molecule has 1 saturated heterocycles. The number of nitrogens with two attached hydrogens (primary N) is 1. The SMILES string of the molecule is CC1COCCC1NS(=O)(=O)N(C)CCCN. The van der Waals surface area contributed by atoms with Crippen molar-refractivity contribution in [3.63, 3.8) is 0 Å². The zero-order valence-electron chi connectivity index (χ0n) is 10.6. The first kappa shape index (κ1) is 14.8. The Kier molecular flexibility index (Phi) is 5.81. The summed E-state index contributed by atoms with van der Waals surface area (Å²) in [6, 6.07) is -0.0333. The van der Waals surface area contributed by atoms with Gasteiger partial charge in [0.05, 0.1) is 6.61 Å². The van der Waals surface area contributed by atoms with Crippen molar-refractivity contribution in [1.82, 2.24) is 9.03 Å². The smallest absolute Gasteiger partial charge is 0.279 e. The standard InChI is InChI=1S/C10H23N3O3S/c1-9-8-16-7-4-10(9)12-17(14,15)13(2)6-3-5-11/h9-10,12H,3-8,11H2,1-2H3. The number of hydrogen-bond donors (Lipinski definition) is 2. The summed E-state index contributed by atoms with van der Waals surface area (Å²) in [5.41, 5.74) is 5.37. The lowest BCUT2D eigenvalue weighted by Gasteiger charge is -2.30. The number of nitrogens with one attached hydrogen (secondary N) is 1. The summed E-state index contributed by atoms with van der Waals surface area (Å²) in [7, 11) is -1.82. The highest BCUT2D eigenvalue weighted by Gasteiger charge is 2.28. The minimum Gasteiger partial charge on any atom is -0.381 e. The third kappa shape index (κ3) is 4.51. The molecule has 0 saturated carbocycles. The second-order valence-corrected chi connectivity index (χ2v) is 6.34. The molecule has 3 N–H and O–H groups in total. The van der Waals surface area contributed by atoms with Crippen LogP contribution in [0.15, 0.2) is 0 Å². The van der Waals surface area contributed by atoms with Gasteiger partial charge in [-0.1, -0.05) is 6.92 Å². The monoisotopic (exact) mass is 265 g/mol. The van der Waals surface area contributed by atoms with E-state index in [1.54, 1.807) is 7.05 Å². The number of nitrogens with zero attached hydrogens (tertiary/aromatic N) is 1. The summed E-state index contributed by atoms with van der Waals surface area (Å²) in [6.07, 6.45) is 1.39. The molecular weight excluding hydrogens is 242 g/mol. The topological polar surface area (TPSA) is 84.7 Å².